The number of hydrogen-bond acceptors (Lipinski definition) is 0. The Morgan fingerprint density at radius 2 is 0.725 bits per heavy atom. The van der Waals surface area contributed by atoms with E-state index in [0.29, 0.717) is 0 Å². The molecule has 4 aromatic rings. The van der Waals surface area contributed by atoms with Crippen molar-refractivity contribution in [3.8, 4) is 0 Å². The second-order valence-electron chi connectivity index (χ2n) is 9.34. The first-order valence-corrected chi connectivity index (χ1v) is 19.1. The SMILES string of the molecule is C[Si](C)=[Zr+2].[C-]1=C(c2ccccc2)C=C(c2ccccc2)C1.[C-]1=C(c2ccccc2)C=C(c2ccccc2)C1.[Cl-].[Cl-]. The quantitative estimate of drug-likeness (QED) is 0.234. The normalized spacial score (nSPS) is 12.9. The van der Waals surface area contributed by atoms with Crippen molar-refractivity contribution < 1.29 is 48.1 Å². The van der Waals surface area contributed by atoms with E-state index >= 15 is 0 Å². The molecule has 0 saturated carbocycles. The van der Waals surface area contributed by atoms with Crippen molar-refractivity contribution in [2.45, 2.75) is 25.9 Å². The molecule has 0 aliphatic heterocycles. The Hall–Kier alpha value is -2.48. The molecule has 0 amide bonds. The van der Waals surface area contributed by atoms with E-state index in [1.165, 1.54) is 44.5 Å². The van der Waals surface area contributed by atoms with Gasteiger partial charge in [0.15, 0.2) is 0 Å². The third-order valence-electron chi connectivity index (χ3n) is 6.03. The summed E-state index contributed by atoms with van der Waals surface area (Å²) in [6.07, 6.45) is 13.2. The van der Waals surface area contributed by atoms with E-state index in [-0.39, 0.29) is 30.2 Å². The largest absolute Gasteiger partial charge is 1.00 e. The van der Waals surface area contributed by atoms with Crippen molar-refractivity contribution in [2.24, 2.45) is 0 Å². The minimum absolute atomic E-state index is 0. The molecule has 0 saturated heterocycles. The molecular formula is C36H32Cl2SiZr-2. The first-order chi connectivity index (χ1) is 18.6. The first kappa shape index (κ1) is 33.7. The Morgan fingerprint density at radius 1 is 0.475 bits per heavy atom. The monoisotopic (exact) mass is 652 g/mol. The predicted octanol–water partition coefficient (Wildman–Crippen LogP) is 3.51. The van der Waals surface area contributed by atoms with Gasteiger partial charge in [-0.1, -0.05) is 110 Å². The van der Waals surface area contributed by atoms with Crippen LogP contribution in [-0.4, -0.2) is 5.43 Å². The molecule has 0 unspecified atom stereocenters. The molecule has 4 aromatic carbocycles. The van der Waals surface area contributed by atoms with Gasteiger partial charge in [0.1, 0.15) is 0 Å². The molecular weight excluding hydrogens is 623 g/mol. The summed E-state index contributed by atoms with van der Waals surface area (Å²) in [6, 6.07) is 41.9. The number of halogens is 2. The molecule has 2 aliphatic rings. The Balaban J connectivity index is 0.000000237. The standard InChI is InChI=1S/2C17H13.C2H6Si.2ClH.Zr/c2*1-3-7-14(8-4-1)16-11-12-17(13-16)15-9-5-2-6-10-15;1-3-2;;;/h2*1-10,13H,11H2;1-2H3;2*1H;/q2*-1;;;;+2/p-2. The van der Waals surface area contributed by atoms with Crippen LogP contribution in [0.25, 0.3) is 22.3 Å². The summed E-state index contributed by atoms with van der Waals surface area (Å²) < 4.78 is 0. The van der Waals surface area contributed by atoms with E-state index in [2.05, 4.69) is 134 Å². The fraction of sp³-hybridized carbons (Fsp3) is 0.111. The summed E-state index contributed by atoms with van der Waals surface area (Å²) in [5.41, 5.74) is 10.4. The molecule has 0 aromatic heterocycles. The van der Waals surface area contributed by atoms with Crippen LogP contribution in [0.4, 0.5) is 0 Å². The van der Waals surface area contributed by atoms with Gasteiger partial charge in [0.05, 0.1) is 0 Å². The topological polar surface area (TPSA) is 0 Å². The first-order valence-electron chi connectivity index (χ1n) is 13.0. The van der Waals surface area contributed by atoms with Crippen molar-refractivity contribution in [3.63, 3.8) is 0 Å². The average molecular weight is 655 g/mol. The summed E-state index contributed by atoms with van der Waals surface area (Å²) in [4.78, 5) is 0. The molecule has 6 rings (SSSR count). The minimum Gasteiger partial charge on any atom is -1.00 e. The zero-order valence-corrected chi connectivity index (χ0v) is 27.8. The van der Waals surface area contributed by atoms with Gasteiger partial charge in [0.2, 0.25) is 0 Å². The van der Waals surface area contributed by atoms with Gasteiger partial charge >= 0.3 is 41.9 Å². The van der Waals surface area contributed by atoms with Gasteiger partial charge in [0.25, 0.3) is 0 Å². The number of rotatable bonds is 4. The van der Waals surface area contributed by atoms with E-state index < -0.39 is 0 Å². The second kappa shape index (κ2) is 18.1. The van der Waals surface area contributed by atoms with Crippen LogP contribution in [0.2, 0.25) is 13.1 Å². The van der Waals surface area contributed by atoms with Gasteiger partial charge in [-0.25, -0.2) is 0 Å². The number of allylic oxidation sites excluding steroid dienone is 8. The van der Waals surface area contributed by atoms with E-state index in [4.69, 9.17) is 0 Å². The van der Waals surface area contributed by atoms with Gasteiger partial charge in [-0.05, 0) is 11.1 Å². The third kappa shape index (κ3) is 10.5. The third-order valence-corrected chi connectivity index (χ3v) is 6.03. The van der Waals surface area contributed by atoms with Crippen LogP contribution in [0.5, 0.6) is 0 Å². The molecule has 40 heavy (non-hydrogen) atoms. The maximum atomic E-state index is 3.45. The van der Waals surface area contributed by atoms with E-state index in [1.807, 2.05) is 24.3 Å². The van der Waals surface area contributed by atoms with Crippen molar-refractivity contribution >= 4 is 27.7 Å². The molecule has 0 fully saturated rings. The Morgan fingerprint density at radius 3 is 1.00 bits per heavy atom. The van der Waals surface area contributed by atoms with Gasteiger partial charge in [-0.15, -0.1) is 46.5 Å². The maximum Gasteiger partial charge on any atom is -0.0353 e. The zero-order chi connectivity index (χ0) is 26.6. The Bertz CT molecular complexity index is 1340. The molecule has 4 heteroatoms. The number of hydrogen-bond donors (Lipinski definition) is 0. The van der Waals surface area contributed by atoms with Crippen molar-refractivity contribution in [1.29, 1.82) is 0 Å². The van der Waals surface area contributed by atoms with Crippen LogP contribution >= 0.6 is 0 Å². The van der Waals surface area contributed by atoms with E-state index in [9.17, 15) is 0 Å². The summed E-state index contributed by atoms with van der Waals surface area (Å²) in [6.45, 7) is 4.62. The van der Waals surface area contributed by atoms with Crippen LogP contribution in [0.1, 0.15) is 35.1 Å². The van der Waals surface area contributed by atoms with Crippen LogP contribution in [0.3, 0.4) is 0 Å². The second-order valence-corrected chi connectivity index (χ2v) is 18.7. The molecule has 0 N–H and O–H groups in total. The number of benzene rings is 4. The summed E-state index contributed by atoms with van der Waals surface area (Å²) in [7, 11) is 0. The fourth-order valence-corrected chi connectivity index (χ4v) is 4.21. The van der Waals surface area contributed by atoms with Crippen molar-refractivity contribution in [1.82, 2.24) is 0 Å². The Labute approximate surface area is 267 Å². The van der Waals surface area contributed by atoms with Gasteiger partial charge in [-0.3, -0.25) is 0 Å². The van der Waals surface area contributed by atoms with Crippen LogP contribution in [0.15, 0.2) is 133 Å². The molecule has 0 radical (unpaired) electrons. The van der Waals surface area contributed by atoms with E-state index in [1.54, 1.807) is 23.3 Å². The predicted molar refractivity (Wildman–Crippen MR) is 162 cm³/mol. The molecule has 200 valence electrons. The van der Waals surface area contributed by atoms with Crippen molar-refractivity contribution in [2.75, 3.05) is 0 Å². The summed E-state index contributed by atoms with van der Waals surface area (Å²) >= 11 is 1.74. The van der Waals surface area contributed by atoms with Gasteiger partial charge in [-0.2, -0.15) is 35.5 Å². The van der Waals surface area contributed by atoms with E-state index in [0.717, 1.165) is 12.8 Å². The smallest absolute Gasteiger partial charge is 0.0353 e. The van der Waals surface area contributed by atoms with Gasteiger partial charge < -0.3 is 24.8 Å². The Kier molecular flexibility index (Phi) is 15.2. The molecule has 0 nitrogen and oxygen atoms in total. The van der Waals surface area contributed by atoms with Crippen LogP contribution in [-0.2, 0) is 23.3 Å². The maximum absolute atomic E-state index is 3.45. The van der Waals surface area contributed by atoms with Crippen molar-refractivity contribution in [3.05, 3.63) is 168 Å². The molecule has 0 bridgehead atoms. The summed E-state index contributed by atoms with van der Waals surface area (Å²) in [5.74, 6) is 0. The van der Waals surface area contributed by atoms with Crippen LogP contribution in [0, 0.1) is 12.2 Å². The average Bonchev–Trinajstić information content (AvgIpc) is 3.66. The molecule has 0 atom stereocenters. The zero-order valence-electron chi connectivity index (χ0n) is 22.9. The fourth-order valence-electron chi connectivity index (χ4n) is 4.21. The molecule has 2 aliphatic carbocycles. The minimum atomic E-state index is 0. The summed E-state index contributed by atoms with van der Waals surface area (Å²) in [5, 5.41) is 0. The van der Waals surface area contributed by atoms with Crippen LogP contribution < -0.4 is 24.8 Å². The molecule has 0 spiro atoms. The van der Waals surface area contributed by atoms with Gasteiger partial charge in [0, 0.05) is 0 Å². The molecule has 0 heterocycles.